The molecule has 0 aromatic heterocycles. The van der Waals surface area contributed by atoms with Crippen LogP contribution in [0.5, 0.6) is 5.75 Å². The summed E-state index contributed by atoms with van der Waals surface area (Å²) in [4.78, 5) is 47.9. The third kappa shape index (κ3) is 6.37. The summed E-state index contributed by atoms with van der Waals surface area (Å²) in [5, 5.41) is 10.4. The fraction of sp³-hybridized carbons (Fsp3) is 0.227. The first-order valence-electron chi connectivity index (χ1n) is 9.85. The Bertz CT molecular complexity index is 1160. The van der Waals surface area contributed by atoms with Crippen LogP contribution in [0.4, 0.5) is 10.5 Å². The van der Waals surface area contributed by atoms with E-state index in [9.17, 15) is 24.5 Å². The summed E-state index contributed by atoms with van der Waals surface area (Å²) in [6.45, 7) is 3.01. The number of hydrogen-bond acceptors (Lipinski definition) is 8. The number of nitrogens with zero attached hydrogens (tertiary/aromatic N) is 2. The minimum absolute atomic E-state index is 0.0199. The maximum absolute atomic E-state index is 12.6. The molecule has 12 heteroatoms. The van der Waals surface area contributed by atoms with Gasteiger partial charge in [-0.3, -0.25) is 29.4 Å². The molecule has 2 aromatic rings. The summed E-state index contributed by atoms with van der Waals surface area (Å²) in [6.07, 6.45) is 1.14. The SMILES string of the molecule is CC(C)OC(=O)CN1C(=O)S/C(=C/c2cc(Cl)c(OCc3ccc([N+](=O)[O-])cc3)c(Br)c2)C1=O. The number of nitro groups is 1. The number of nitro benzene ring substituents is 1. The van der Waals surface area contributed by atoms with E-state index in [-0.39, 0.29) is 28.3 Å². The first-order chi connectivity index (χ1) is 16.0. The maximum atomic E-state index is 12.6. The molecule has 0 unspecified atom stereocenters. The number of halogens is 2. The molecule has 0 saturated carbocycles. The van der Waals surface area contributed by atoms with Crippen molar-refractivity contribution in [2.75, 3.05) is 6.54 Å². The Morgan fingerprint density at radius 2 is 1.94 bits per heavy atom. The minimum atomic E-state index is -0.668. The summed E-state index contributed by atoms with van der Waals surface area (Å²) in [7, 11) is 0. The summed E-state index contributed by atoms with van der Waals surface area (Å²) in [5.74, 6) is -0.915. The molecule has 178 valence electrons. The van der Waals surface area contributed by atoms with E-state index in [2.05, 4.69) is 15.9 Å². The van der Waals surface area contributed by atoms with Gasteiger partial charge in [0.25, 0.3) is 16.8 Å². The standard InChI is InChI=1S/C22H18BrClN2O7S/c1-12(2)33-19(27)10-25-21(28)18(34-22(25)29)9-14-7-16(23)20(17(24)8-14)32-11-13-3-5-15(6-4-13)26(30)31/h3-9,12H,10-11H2,1-2H3/b18-9+. The van der Waals surface area contributed by atoms with Crippen molar-refractivity contribution >= 4 is 68.2 Å². The molecule has 2 aromatic carbocycles. The second kappa shape index (κ2) is 11.0. The number of carbonyl (C=O) groups is 3. The molecule has 9 nitrogen and oxygen atoms in total. The van der Waals surface area contributed by atoms with Crippen LogP contribution in [0.25, 0.3) is 6.08 Å². The van der Waals surface area contributed by atoms with Crippen LogP contribution in [0.1, 0.15) is 25.0 Å². The Morgan fingerprint density at radius 3 is 2.53 bits per heavy atom. The van der Waals surface area contributed by atoms with Gasteiger partial charge in [0.1, 0.15) is 13.2 Å². The van der Waals surface area contributed by atoms with Crippen LogP contribution in [0, 0.1) is 10.1 Å². The summed E-state index contributed by atoms with van der Waals surface area (Å²) in [5.41, 5.74) is 1.23. The molecule has 0 aliphatic carbocycles. The predicted molar refractivity (Wildman–Crippen MR) is 130 cm³/mol. The molecule has 1 fully saturated rings. The zero-order chi connectivity index (χ0) is 25.0. The lowest BCUT2D eigenvalue weighted by atomic mass is 10.2. The normalized spacial score (nSPS) is 14.7. The maximum Gasteiger partial charge on any atom is 0.326 e. The van der Waals surface area contributed by atoms with Gasteiger partial charge in [0.2, 0.25) is 0 Å². The molecule has 1 heterocycles. The largest absolute Gasteiger partial charge is 0.486 e. The Morgan fingerprint density at radius 1 is 1.26 bits per heavy atom. The number of esters is 1. The highest BCUT2D eigenvalue weighted by Gasteiger charge is 2.36. The van der Waals surface area contributed by atoms with E-state index in [1.54, 1.807) is 38.1 Å². The summed E-state index contributed by atoms with van der Waals surface area (Å²) in [6, 6.07) is 9.17. The molecule has 3 rings (SSSR count). The Hall–Kier alpha value is -2.89. The van der Waals surface area contributed by atoms with Crippen molar-refractivity contribution in [2.45, 2.75) is 26.6 Å². The number of ether oxygens (including phenoxy) is 2. The fourth-order valence-electron chi connectivity index (χ4n) is 2.89. The number of thioether (sulfide) groups is 1. The van der Waals surface area contributed by atoms with Crippen molar-refractivity contribution in [2.24, 2.45) is 0 Å². The number of imide groups is 1. The molecular formula is C22H18BrClN2O7S. The van der Waals surface area contributed by atoms with Gasteiger partial charge in [-0.25, -0.2) is 0 Å². The third-order valence-electron chi connectivity index (χ3n) is 4.38. The highest BCUT2D eigenvalue weighted by molar-refractivity contribution is 9.10. The quantitative estimate of drug-likeness (QED) is 0.175. The number of non-ortho nitro benzene ring substituents is 1. The molecule has 0 atom stereocenters. The van der Waals surface area contributed by atoms with Crippen LogP contribution in [0.2, 0.25) is 5.02 Å². The molecule has 0 bridgehead atoms. The fourth-order valence-corrected chi connectivity index (χ4v) is 4.71. The number of hydrogen-bond donors (Lipinski definition) is 0. The smallest absolute Gasteiger partial charge is 0.326 e. The van der Waals surface area contributed by atoms with Crippen LogP contribution < -0.4 is 4.74 Å². The average molecular weight is 570 g/mol. The Balaban J connectivity index is 1.71. The van der Waals surface area contributed by atoms with E-state index in [1.807, 2.05) is 0 Å². The van der Waals surface area contributed by atoms with Gasteiger partial charge in [-0.15, -0.1) is 0 Å². The number of rotatable bonds is 8. The first kappa shape index (κ1) is 25.7. The average Bonchev–Trinajstić information content (AvgIpc) is 3.00. The highest BCUT2D eigenvalue weighted by atomic mass is 79.9. The van der Waals surface area contributed by atoms with Crippen LogP contribution >= 0.6 is 39.3 Å². The van der Waals surface area contributed by atoms with E-state index in [1.165, 1.54) is 18.2 Å². The van der Waals surface area contributed by atoms with Gasteiger partial charge < -0.3 is 9.47 Å². The predicted octanol–water partition coefficient (Wildman–Crippen LogP) is 5.58. The van der Waals surface area contributed by atoms with Gasteiger partial charge in [-0.1, -0.05) is 11.6 Å². The molecular weight excluding hydrogens is 552 g/mol. The van der Waals surface area contributed by atoms with Crippen molar-refractivity contribution in [1.29, 1.82) is 0 Å². The number of benzene rings is 2. The van der Waals surface area contributed by atoms with Crippen LogP contribution in [-0.4, -0.2) is 39.6 Å². The van der Waals surface area contributed by atoms with Gasteiger partial charge in [0.15, 0.2) is 5.75 Å². The summed E-state index contributed by atoms with van der Waals surface area (Å²) >= 11 is 10.5. The summed E-state index contributed by atoms with van der Waals surface area (Å²) < 4.78 is 11.3. The van der Waals surface area contributed by atoms with Crippen molar-refractivity contribution < 1.29 is 28.8 Å². The monoisotopic (exact) mass is 568 g/mol. The molecule has 1 saturated heterocycles. The number of amides is 2. The van der Waals surface area contributed by atoms with E-state index >= 15 is 0 Å². The highest BCUT2D eigenvalue weighted by Crippen LogP contribution is 2.38. The molecule has 34 heavy (non-hydrogen) atoms. The van der Waals surface area contributed by atoms with Gasteiger partial charge in [-0.05, 0) is 83.0 Å². The van der Waals surface area contributed by atoms with Crippen molar-refractivity contribution in [3.05, 3.63) is 72.0 Å². The Labute approximate surface area is 212 Å². The zero-order valence-electron chi connectivity index (χ0n) is 17.9. The minimum Gasteiger partial charge on any atom is -0.486 e. The van der Waals surface area contributed by atoms with Crippen molar-refractivity contribution in [3.63, 3.8) is 0 Å². The van der Waals surface area contributed by atoms with Crippen LogP contribution in [-0.2, 0) is 20.9 Å². The lowest BCUT2D eigenvalue weighted by Gasteiger charge is -2.13. The van der Waals surface area contributed by atoms with Crippen LogP contribution in [0.3, 0.4) is 0 Å². The number of carbonyl (C=O) groups excluding carboxylic acids is 3. The van der Waals surface area contributed by atoms with Crippen molar-refractivity contribution in [3.8, 4) is 5.75 Å². The van der Waals surface area contributed by atoms with E-state index in [0.29, 0.717) is 21.3 Å². The lowest BCUT2D eigenvalue weighted by Crippen LogP contribution is -2.35. The van der Waals surface area contributed by atoms with Gasteiger partial charge in [0, 0.05) is 12.1 Å². The van der Waals surface area contributed by atoms with Gasteiger partial charge >= 0.3 is 5.97 Å². The van der Waals surface area contributed by atoms with E-state index < -0.39 is 28.6 Å². The Kier molecular flexibility index (Phi) is 8.34. The van der Waals surface area contributed by atoms with Gasteiger partial charge in [0.05, 0.1) is 25.4 Å². The van der Waals surface area contributed by atoms with Crippen molar-refractivity contribution in [1.82, 2.24) is 4.90 Å². The molecule has 2 amide bonds. The van der Waals surface area contributed by atoms with E-state index in [0.717, 1.165) is 16.7 Å². The molecule has 0 N–H and O–H groups in total. The zero-order valence-corrected chi connectivity index (χ0v) is 21.1. The molecule has 1 aliphatic rings. The van der Waals surface area contributed by atoms with Gasteiger partial charge in [-0.2, -0.15) is 0 Å². The second-order valence-electron chi connectivity index (χ2n) is 7.33. The third-order valence-corrected chi connectivity index (χ3v) is 6.15. The first-order valence-corrected chi connectivity index (χ1v) is 11.8. The molecule has 0 radical (unpaired) electrons. The van der Waals surface area contributed by atoms with Crippen LogP contribution in [0.15, 0.2) is 45.8 Å². The second-order valence-corrected chi connectivity index (χ2v) is 9.59. The molecule has 0 spiro atoms. The van der Waals surface area contributed by atoms with E-state index in [4.69, 9.17) is 21.1 Å². The lowest BCUT2D eigenvalue weighted by molar-refractivity contribution is -0.384. The topological polar surface area (TPSA) is 116 Å². The molecule has 1 aliphatic heterocycles.